The maximum atomic E-state index is 13.8. The van der Waals surface area contributed by atoms with E-state index in [9.17, 15) is 29.4 Å². The Balaban J connectivity index is 1.54. The first-order chi connectivity index (χ1) is 21.3. The second-order valence-electron chi connectivity index (χ2n) is 9.82. The van der Waals surface area contributed by atoms with E-state index in [0.717, 1.165) is 33.4 Å². The van der Waals surface area contributed by atoms with Crippen molar-refractivity contribution in [3.05, 3.63) is 33.6 Å². The Morgan fingerprint density at radius 3 is 2.64 bits per heavy atom. The zero-order chi connectivity index (χ0) is 33.0. The van der Waals surface area contributed by atoms with E-state index in [1.54, 1.807) is 20.9 Å². The zero-order valence-corrected chi connectivity index (χ0v) is 26.1. The van der Waals surface area contributed by atoms with E-state index < -0.39 is 52.2 Å². The average molecular weight is 676 g/mol. The number of thiazole rings is 1. The van der Waals surface area contributed by atoms with Crippen LogP contribution in [0.3, 0.4) is 0 Å². The number of amides is 2. The quantitative estimate of drug-likeness (QED) is 0.0673. The van der Waals surface area contributed by atoms with Crippen molar-refractivity contribution < 1.29 is 34.2 Å². The van der Waals surface area contributed by atoms with Crippen molar-refractivity contribution in [2.45, 2.75) is 37.3 Å². The third-order valence-electron chi connectivity index (χ3n) is 7.16. The summed E-state index contributed by atoms with van der Waals surface area (Å²) in [6, 6.07) is 0. The molecule has 0 radical (unpaired) electrons. The highest BCUT2D eigenvalue weighted by molar-refractivity contribution is 8.00. The lowest BCUT2D eigenvalue weighted by atomic mass is 9.87. The van der Waals surface area contributed by atoms with Gasteiger partial charge in [-0.3, -0.25) is 24.5 Å². The Kier molecular flexibility index (Phi) is 8.10. The van der Waals surface area contributed by atoms with Crippen LogP contribution in [0.25, 0.3) is 11.2 Å². The number of fused-ring (bicyclic) bond motifs is 2. The number of rotatable bonds is 10. The number of carbonyl (C=O) groups is 4. The van der Waals surface area contributed by atoms with Crippen molar-refractivity contribution in [1.29, 1.82) is 5.41 Å². The number of nitrogens with two attached hydrogens (primary N) is 2. The summed E-state index contributed by atoms with van der Waals surface area (Å²) in [6.07, 6.45) is -1.35. The molecule has 2 aliphatic heterocycles. The molecule has 1 fully saturated rings. The van der Waals surface area contributed by atoms with E-state index in [0.29, 0.717) is 11.2 Å². The molecule has 2 amide bonds. The summed E-state index contributed by atoms with van der Waals surface area (Å²) < 4.78 is 2.85. The van der Waals surface area contributed by atoms with E-state index in [2.05, 4.69) is 25.5 Å². The number of thiocarbonyl (C=S) groups is 1. The maximum Gasteiger partial charge on any atom is 0.353 e. The van der Waals surface area contributed by atoms with E-state index in [1.165, 1.54) is 14.5 Å². The first-order valence-corrected chi connectivity index (χ1v) is 15.3. The normalized spacial score (nSPS) is 20.4. The molecule has 21 heteroatoms. The van der Waals surface area contributed by atoms with Gasteiger partial charge in [-0.15, -0.1) is 28.2 Å². The van der Waals surface area contributed by atoms with Crippen molar-refractivity contribution >= 4 is 92.4 Å². The Morgan fingerprint density at radius 2 is 2.07 bits per heavy atom. The number of anilines is 2. The van der Waals surface area contributed by atoms with Gasteiger partial charge >= 0.3 is 11.9 Å². The van der Waals surface area contributed by atoms with Gasteiger partial charge in [-0.2, -0.15) is 4.52 Å². The molecular weight excluding hydrogens is 651 g/mol. The number of carbonyl (C=O) groups excluding carboxylic acids is 2. The molecule has 0 spiro atoms. The van der Waals surface area contributed by atoms with Crippen LogP contribution in [-0.4, -0.2) is 96.9 Å². The third kappa shape index (κ3) is 4.97. The van der Waals surface area contributed by atoms with Gasteiger partial charge in [-0.1, -0.05) is 24.3 Å². The fourth-order valence-electron chi connectivity index (χ4n) is 4.83. The van der Waals surface area contributed by atoms with Crippen LogP contribution < -0.4 is 22.3 Å². The highest BCUT2D eigenvalue weighted by atomic mass is 32.2. The molecule has 0 saturated carbocycles. The van der Waals surface area contributed by atoms with Crippen molar-refractivity contribution in [3.63, 3.8) is 0 Å². The van der Waals surface area contributed by atoms with E-state index in [-0.39, 0.29) is 45.8 Å². The van der Waals surface area contributed by atoms with Gasteiger partial charge in [-0.05, 0) is 13.3 Å². The molecule has 45 heavy (non-hydrogen) atoms. The molecule has 5 heterocycles. The first-order valence-electron chi connectivity index (χ1n) is 12.9. The number of hydrogen-bond acceptors (Lipinski definition) is 15. The number of hydrogen-bond donors (Lipinski definition) is 6. The molecule has 236 valence electrons. The Bertz CT molecular complexity index is 1930. The lowest BCUT2D eigenvalue weighted by Gasteiger charge is -2.55. The molecule has 2 aliphatic rings. The smallest absolute Gasteiger partial charge is 0.353 e. The van der Waals surface area contributed by atoms with Gasteiger partial charge in [-0.25, -0.2) is 19.6 Å². The van der Waals surface area contributed by atoms with Crippen LogP contribution in [0.5, 0.6) is 0 Å². The number of carboxylic acids is 2. The van der Waals surface area contributed by atoms with Crippen molar-refractivity contribution in [1.82, 2.24) is 34.4 Å². The number of nitrogens with one attached hydrogen (secondary N) is 2. The minimum atomic E-state index is -1.87. The molecule has 0 aromatic carbocycles. The summed E-state index contributed by atoms with van der Waals surface area (Å²) in [7, 11) is 1.63. The average Bonchev–Trinajstić information content (AvgIpc) is 3.56. The van der Waals surface area contributed by atoms with E-state index >= 15 is 0 Å². The lowest BCUT2D eigenvalue weighted by Crippen LogP contribution is -2.80. The molecule has 3 aromatic heterocycles. The fourth-order valence-corrected chi connectivity index (χ4v) is 7.18. The molecule has 0 aliphatic carbocycles. The van der Waals surface area contributed by atoms with Crippen LogP contribution in [0.15, 0.2) is 16.2 Å². The first kappa shape index (κ1) is 31.5. The largest absolute Gasteiger partial charge is 0.478 e. The highest BCUT2D eigenvalue weighted by Gasteiger charge is 2.65. The monoisotopic (exact) mass is 675 g/mol. The molecule has 18 nitrogen and oxygen atoms in total. The predicted octanol–water partition coefficient (Wildman–Crippen LogP) is -0.674. The number of nitrogens with zero attached hydrogens (tertiary/aromatic N) is 7. The van der Waals surface area contributed by atoms with E-state index in [1.807, 2.05) is 0 Å². The summed E-state index contributed by atoms with van der Waals surface area (Å²) in [4.78, 5) is 65.9. The number of carboxylic acid groups (broad SMARTS) is 2. The Hall–Kier alpha value is -4.89. The molecule has 8 N–H and O–H groups in total. The molecule has 1 unspecified atom stereocenters. The minimum absolute atomic E-state index is 0.00420. The summed E-state index contributed by atoms with van der Waals surface area (Å²) in [5.41, 5.74) is 9.70. The second-order valence-corrected chi connectivity index (χ2v) is 12.0. The molecule has 1 saturated heterocycles. The lowest BCUT2D eigenvalue weighted by molar-refractivity contribution is -0.153. The molecule has 0 bridgehead atoms. The molecular formula is C24H25N11O7S3. The number of oxime groups is 1. The van der Waals surface area contributed by atoms with Crippen LogP contribution in [0.2, 0.25) is 0 Å². The fraction of sp³-hybridized carbons (Fsp3) is 0.333. The Morgan fingerprint density at radius 1 is 1.36 bits per heavy atom. The van der Waals surface area contributed by atoms with Crippen LogP contribution in [0.1, 0.15) is 30.4 Å². The van der Waals surface area contributed by atoms with Gasteiger partial charge in [0, 0.05) is 34.7 Å². The van der Waals surface area contributed by atoms with Crippen LogP contribution >= 0.6 is 35.3 Å². The third-order valence-corrected chi connectivity index (χ3v) is 9.56. The maximum absolute atomic E-state index is 13.8. The number of aryl methyl sites for hydroxylation is 2. The summed E-state index contributed by atoms with van der Waals surface area (Å²) in [5, 5.41) is 40.0. The van der Waals surface area contributed by atoms with Crippen LogP contribution in [-0.2, 0) is 31.1 Å². The molecule has 3 aromatic rings. The standard InChI is InChI=1S/C24H25N11O7S3/c1-4-11(18(37)38)42-32-12(10-6-45-23(27)28-10)16(36)30-24(7-43)20(41)34-13(19(39)40)9(5-44-21(24)34)15-29-14(25)8(2)17-33(3)22(26)31-35(15)17/h6-7,11,21,25H,4-5H2,1-3H3,(H2,26,31)(H2,27,28)(H,30,36)(H,37,38)(H,39,40)/b25-14?,32-12-/t11-,21-,24?/m0/s1. The zero-order valence-electron chi connectivity index (χ0n) is 23.7. The van der Waals surface area contributed by atoms with Gasteiger partial charge < -0.3 is 31.8 Å². The van der Waals surface area contributed by atoms with Gasteiger partial charge in [0.25, 0.3) is 11.8 Å². The molecule has 5 rings (SSSR count). The van der Waals surface area contributed by atoms with Gasteiger partial charge in [0.15, 0.2) is 27.7 Å². The van der Waals surface area contributed by atoms with Crippen molar-refractivity contribution in [3.8, 4) is 0 Å². The van der Waals surface area contributed by atoms with Crippen LogP contribution in [0, 0.1) is 12.3 Å². The minimum Gasteiger partial charge on any atom is -0.478 e. The molecule has 3 atom stereocenters. The van der Waals surface area contributed by atoms with Crippen molar-refractivity contribution in [2.75, 3.05) is 17.2 Å². The highest BCUT2D eigenvalue weighted by Crippen LogP contribution is 2.47. The predicted molar refractivity (Wildman–Crippen MR) is 165 cm³/mol. The van der Waals surface area contributed by atoms with E-state index in [4.69, 9.17) is 33.9 Å². The SMILES string of the molecule is CC[C@H](O/N=C(\C(=O)NC1(C=S)C(=O)N2C(C(=O)O)=C(c3nc(=N)c(C)c4n(C)c(N)nn34)CS[C@H]21)c1csc(N)n1)C(=O)O. The summed E-state index contributed by atoms with van der Waals surface area (Å²) in [6.45, 7) is 3.19. The second kappa shape index (κ2) is 11.6. The number of thioether (sulfide) groups is 1. The summed E-state index contributed by atoms with van der Waals surface area (Å²) in [5.74, 6) is -4.59. The van der Waals surface area contributed by atoms with Gasteiger partial charge in [0.1, 0.15) is 22.4 Å². The topological polar surface area (TPSA) is 270 Å². The van der Waals surface area contributed by atoms with Crippen molar-refractivity contribution in [2.24, 2.45) is 12.2 Å². The number of aromatic nitrogens is 5. The Labute approximate surface area is 266 Å². The van der Waals surface area contributed by atoms with Gasteiger partial charge in [0.05, 0.1) is 0 Å². The van der Waals surface area contributed by atoms with Gasteiger partial charge in [0.2, 0.25) is 12.1 Å². The number of aliphatic carboxylic acids is 2. The number of nitrogen functional groups attached to an aromatic ring is 2. The number of β-lactam (4-membered cyclic amide) rings is 1. The van der Waals surface area contributed by atoms with Crippen LogP contribution in [0.4, 0.5) is 11.1 Å². The summed E-state index contributed by atoms with van der Waals surface area (Å²) >= 11 is 7.27.